The van der Waals surface area contributed by atoms with Gasteiger partial charge in [0.15, 0.2) is 11.5 Å². The van der Waals surface area contributed by atoms with Crippen molar-refractivity contribution in [1.82, 2.24) is 10.2 Å². The summed E-state index contributed by atoms with van der Waals surface area (Å²) in [5, 5.41) is 6.10. The highest BCUT2D eigenvalue weighted by molar-refractivity contribution is 5.92. The SMILES string of the molecule is O=C(CN1CCC(NC(=O)C2CCC2)CC1)Nc1ccc2c(c1)OCCO2. The second kappa shape index (κ2) is 8.17. The zero-order valence-corrected chi connectivity index (χ0v) is 15.5. The minimum Gasteiger partial charge on any atom is -0.486 e. The number of hydrogen-bond donors (Lipinski definition) is 2. The number of ether oxygens (including phenoxy) is 2. The predicted molar refractivity (Wildman–Crippen MR) is 101 cm³/mol. The molecular weight excluding hydrogens is 346 g/mol. The first kappa shape index (κ1) is 18.1. The summed E-state index contributed by atoms with van der Waals surface area (Å²) in [5.41, 5.74) is 0.715. The Bertz CT molecular complexity index is 696. The van der Waals surface area contributed by atoms with Crippen molar-refractivity contribution in [3.05, 3.63) is 18.2 Å². The summed E-state index contributed by atoms with van der Waals surface area (Å²) < 4.78 is 11.0. The summed E-state index contributed by atoms with van der Waals surface area (Å²) in [6.07, 6.45) is 5.04. The molecule has 1 saturated heterocycles. The van der Waals surface area contributed by atoms with E-state index in [1.165, 1.54) is 6.42 Å². The van der Waals surface area contributed by atoms with E-state index in [0.717, 1.165) is 38.8 Å². The summed E-state index contributed by atoms with van der Waals surface area (Å²) >= 11 is 0. The van der Waals surface area contributed by atoms with Crippen molar-refractivity contribution in [1.29, 1.82) is 0 Å². The van der Waals surface area contributed by atoms with Crippen LogP contribution >= 0.6 is 0 Å². The summed E-state index contributed by atoms with van der Waals surface area (Å²) in [6.45, 7) is 3.08. The van der Waals surface area contributed by atoms with Gasteiger partial charge in [-0.15, -0.1) is 0 Å². The highest BCUT2D eigenvalue weighted by Crippen LogP contribution is 2.32. The number of carbonyl (C=O) groups is 2. The molecule has 2 N–H and O–H groups in total. The van der Waals surface area contributed by atoms with Crippen LogP contribution in [0.2, 0.25) is 0 Å². The molecule has 7 nitrogen and oxygen atoms in total. The van der Waals surface area contributed by atoms with E-state index < -0.39 is 0 Å². The standard InChI is InChI=1S/C20H27N3O4/c24-19(21-16-4-5-17-18(12-16)27-11-10-26-17)13-23-8-6-15(7-9-23)22-20(25)14-2-1-3-14/h4-5,12,14-15H,1-3,6-11,13H2,(H,21,24)(H,22,25). The molecule has 0 unspecified atom stereocenters. The van der Waals surface area contributed by atoms with Crippen molar-refractivity contribution in [3.8, 4) is 11.5 Å². The Morgan fingerprint density at radius 2 is 1.78 bits per heavy atom. The number of carbonyl (C=O) groups excluding carboxylic acids is 2. The molecule has 4 rings (SSSR count). The second-order valence-corrected chi connectivity index (χ2v) is 7.59. The van der Waals surface area contributed by atoms with Crippen LogP contribution < -0.4 is 20.1 Å². The molecule has 7 heteroatoms. The molecule has 1 aromatic carbocycles. The maximum atomic E-state index is 12.3. The lowest BCUT2D eigenvalue weighted by atomic mass is 9.84. The van der Waals surface area contributed by atoms with E-state index in [1.54, 1.807) is 6.07 Å². The summed E-state index contributed by atoms with van der Waals surface area (Å²) in [7, 11) is 0. The maximum absolute atomic E-state index is 12.3. The third kappa shape index (κ3) is 4.53. The average Bonchev–Trinajstić information content (AvgIpc) is 2.62. The van der Waals surface area contributed by atoms with Crippen LogP contribution in [0.1, 0.15) is 32.1 Å². The van der Waals surface area contributed by atoms with Crippen LogP contribution in [0, 0.1) is 5.92 Å². The molecule has 1 aliphatic carbocycles. The topological polar surface area (TPSA) is 79.9 Å². The minimum atomic E-state index is -0.0383. The van der Waals surface area contributed by atoms with Gasteiger partial charge in [0.2, 0.25) is 11.8 Å². The van der Waals surface area contributed by atoms with Crippen molar-refractivity contribution < 1.29 is 19.1 Å². The fourth-order valence-electron chi connectivity index (χ4n) is 3.75. The van der Waals surface area contributed by atoms with Gasteiger partial charge in [-0.3, -0.25) is 14.5 Å². The quantitative estimate of drug-likeness (QED) is 0.822. The monoisotopic (exact) mass is 373 g/mol. The molecule has 2 fully saturated rings. The number of anilines is 1. The molecule has 146 valence electrons. The van der Waals surface area contributed by atoms with E-state index in [1.807, 2.05) is 12.1 Å². The van der Waals surface area contributed by atoms with Gasteiger partial charge in [-0.25, -0.2) is 0 Å². The number of nitrogens with zero attached hydrogens (tertiary/aromatic N) is 1. The Kier molecular flexibility index (Phi) is 5.48. The van der Waals surface area contributed by atoms with Crippen LogP contribution in [-0.2, 0) is 9.59 Å². The van der Waals surface area contributed by atoms with Gasteiger partial charge in [-0.1, -0.05) is 6.42 Å². The molecule has 27 heavy (non-hydrogen) atoms. The molecular formula is C20H27N3O4. The lowest BCUT2D eigenvalue weighted by Crippen LogP contribution is -2.48. The van der Waals surface area contributed by atoms with Crippen LogP contribution in [0.3, 0.4) is 0 Å². The molecule has 0 spiro atoms. The Morgan fingerprint density at radius 1 is 1.04 bits per heavy atom. The minimum absolute atomic E-state index is 0.0383. The number of benzene rings is 1. The number of piperidine rings is 1. The van der Waals surface area contributed by atoms with E-state index in [9.17, 15) is 9.59 Å². The van der Waals surface area contributed by atoms with Crippen molar-refractivity contribution in [2.24, 2.45) is 5.92 Å². The van der Waals surface area contributed by atoms with E-state index >= 15 is 0 Å². The number of fused-ring (bicyclic) bond motifs is 1. The molecule has 0 bridgehead atoms. The normalized spacial score (nSPS) is 20.6. The predicted octanol–water partition coefficient (Wildman–Crippen LogP) is 1.78. The van der Waals surface area contributed by atoms with Crippen LogP contribution in [0.15, 0.2) is 18.2 Å². The zero-order chi connectivity index (χ0) is 18.6. The van der Waals surface area contributed by atoms with Gasteiger partial charge in [-0.2, -0.15) is 0 Å². The Balaban J connectivity index is 1.21. The summed E-state index contributed by atoms with van der Waals surface area (Å²) in [4.78, 5) is 26.5. The van der Waals surface area contributed by atoms with Gasteiger partial charge < -0.3 is 20.1 Å². The Morgan fingerprint density at radius 3 is 2.48 bits per heavy atom. The maximum Gasteiger partial charge on any atom is 0.238 e. The van der Waals surface area contributed by atoms with E-state index in [0.29, 0.717) is 36.9 Å². The lowest BCUT2D eigenvalue weighted by Gasteiger charge is -2.33. The Labute approximate surface area is 159 Å². The van der Waals surface area contributed by atoms with Crippen molar-refractivity contribution in [2.75, 3.05) is 38.2 Å². The highest BCUT2D eigenvalue weighted by atomic mass is 16.6. The van der Waals surface area contributed by atoms with Gasteiger partial charge >= 0.3 is 0 Å². The number of likely N-dealkylation sites (tertiary alicyclic amines) is 1. The van der Waals surface area contributed by atoms with Gasteiger partial charge in [0.1, 0.15) is 13.2 Å². The molecule has 1 saturated carbocycles. The van der Waals surface area contributed by atoms with Crippen LogP contribution in [0.4, 0.5) is 5.69 Å². The fraction of sp³-hybridized carbons (Fsp3) is 0.600. The number of nitrogens with one attached hydrogen (secondary N) is 2. The van der Waals surface area contributed by atoms with Crippen molar-refractivity contribution >= 4 is 17.5 Å². The van der Waals surface area contributed by atoms with Gasteiger partial charge in [0.05, 0.1) is 6.54 Å². The van der Waals surface area contributed by atoms with Gasteiger partial charge in [0, 0.05) is 36.8 Å². The van der Waals surface area contributed by atoms with E-state index in [2.05, 4.69) is 15.5 Å². The molecule has 0 aromatic heterocycles. The summed E-state index contributed by atoms with van der Waals surface area (Å²) in [6, 6.07) is 5.69. The van der Waals surface area contributed by atoms with Crippen LogP contribution in [0.5, 0.6) is 11.5 Å². The van der Waals surface area contributed by atoms with E-state index in [4.69, 9.17) is 9.47 Å². The average molecular weight is 373 g/mol. The molecule has 2 amide bonds. The van der Waals surface area contributed by atoms with Crippen LogP contribution in [-0.4, -0.2) is 55.6 Å². The number of amides is 2. The highest BCUT2D eigenvalue weighted by Gasteiger charge is 2.28. The number of rotatable bonds is 5. The third-order valence-electron chi connectivity index (χ3n) is 5.60. The Hall–Kier alpha value is -2.28. The smallest absolute Gasteiger partial charge is 0.238 e. The second-order valence-electron chi connectivity index (χ2n) is 7.59. The lowest BCUT2D eigenvalue weighted by molar-refractivity contribution is -0.128. The third-order valence-corrected chi connectivity index (χ3v) is 5.60. The van der Waals surface area contributed by atoms with Crippen LogP contribution in [0.25, 0.3) is 0 Å². The molecule has 0 atom stereocenters. The molecule has 0 radical (unpaired) electrons. The van der Waals surface area contributed by atoms with Gasteiger partial charge in [0.25, 0.3) is 0 Å². The first-order valence-electron chi connectivity index (χ1n) is 9.89. The summed E-state index contributed by atoms with van der Waals surface area (Å²) in [5.74, 6) is 1.80. The first-order valence-corrected chi connectivity index (χ1v) is 9.89. The first-order chi connectivity index (χ1) is 13.2. The van der Waals surface area contributed by atoms with Crippen molar-refractivity contribution in [3.63, 3.8) is 0 Å². The molecule has 1 aromatic rings. The largest absolute Gasteiger partial charge is 0.486 e. The van der Waals surface area contributed by atoms with E-state index in [-0.39, 0.29) is 23.8 Å². The van der Waals surface area contributed by atoms with Gasteiger partial charge in [-0.05, 0) is 37.8 Å². The van der Waals surface area contributed by atoms with Crippen molar-refractivity contribution in [2.45, 2.75) is 38.1 Å². The molecule has 2 heterocycles. The molecule has 2 aliphatic heterocycles. The number of hydrogen-bond acceptors (Lipinski definition) is 5. The molecule has 3 aliphatic rings. The fourth-order valence-corrected chi connectivity index (χ4v) is 3.75. The zero-order valence-electron chi connectivity index (χ0n) is 15.5.